The summed E-state index contributed by atoms with van der Waals surface area (Å²) in [6.45, 7) is -0.939. The van der Waals surface area contributed by atoms with Crippen LogP contribution in [0, 0.1) is 10.1 Å². The Morgan fingerprint density at radius 2 is 1.84 bits per heavy atom. The third-order valence-corrected chi connectivity index (χ3v) is 4.85. The van der Waals surface area contributed by atoms with Gasteiger partial charge in [-0.2, -0.15) is 0 Å². The number of sulfonamides is 1. The van der Waals surface area contributed by atoms with E-state index in [1.807, 2.05) is 0 Å². The SMILES string of the molecule is O=C(CNS(=O)(=O)/C=C/c1ccccc1)OCc1nnc(-c2ccc([N+](=O)[O-])cc2)o1. The van der Waals surface area contributed by atoms with Crippen LogP contribution in [0.2, 0.25) is 0 Å². The number of aromatic nitrogens is 2. The molecule has 1 heterocycles. The summed E-state index contributed by atoms with van der Waals surface area (Å²) in [7, 11) is -3.83. The monoisotopic (exact) mass is 444 g/mol. The summed E-state index contributed by atoms with van der Waals surface area (Å²) >= 11 is 0. The molecule has 0 fully saturated rings. The summed E-state index contributed by atoms with van der Waals surface area (Å²) in [5.74, 6) is -0.770. The lowest BCUT2D eigenvalue weighted by atomic mass is 10.2. The lowest BCUT2D eigenvalue weighted by molar-refractivity contribution is -0.384. The number of hydrogen-bond donors (Lipinski definition) is 1. The van der Waals surface area contributed by atoms with Crippen molar-refractivity contribution in [1.82, 2.24) is 14.9 Å². The van der Waals surface area contributed by atoms with Gasteiger partial charge in [0.1, 0.15) is 6.54 Å². The first-order valence-electron chi connectivity index (χ1n) is 8.78. The van der Waals surface area contributed by atoms with Crippen LogP contribution >= 0.6 is 0 Å². The van der Waals surface area contributed by atoms with Gasteiger partial charge in [-0.25, -0.2) is 13.1 Å². The molecule has 1 aromatic heterocycles. The zero-order valence-corrected chi connectivity index (χ0v) is 16.7. The number of nitro groups is 1. The van der Waals surface area contributed by atoms with Crippen molar-refractivity contribution >= 4 is 27.8 Å². The number of esters is 1. The number of carbonyl (C=O) groups excluding carboxylic acids is 1. The Morgan fingerprint density at radius 3 is 2.52 bits per heavy atom. The van der Waals surface area contributed by atoms with Crippen LogP contribution in [-0.4, -0.2) is 36.1 Å². The number of nitrogens with one attached hydrogen (secondary N) is 1. The maximum Gasteiger partial charge on any atom is 0.321 e. The third-order valence-electron chi connectivity index (χ3n) is 3.81. The first-order valence-corrected chi connectivity index (χ1v) is 10.3. The zero-order valence-electron chi connectivity index (χ0n) is 15.9. The molecule has 31 heavy (non-hydrogen) atoms. The zero-order chi connectivity index (χ0) is 22.3. The third kappa shape index (κ3) is 6.55. The molecule has 0 bridgehead atoms. The molecule has 0 saturated heterocycles. The maximum atomic E-state index is 11.9. The lowest BCUT2D eigenvalue weighted by Crippen LogP contribution is -2.29. The summed E-state index contributed by atoms with van der Waals surface area (Å²) in [6, 6.07) is 14.3. The van der Waals surface area contributed by atoms with Crippen molar-refractivity contribution in [2.24, 2.45) is 0 Å². The number of benzene rings is 2. The number of hydrogen-bond acceptors (Lipinski definition) is 9. The largest absolute Gasteiger partial charge is 0.455 e. The van der Waals surface area contributed by atoms with Crippen molar-refractivity contribution in [3.8, 4) is 11.5 Å². The van der Waals surface area contributed by atoms with E-state index in [4.69, 9.17) is 9.15 Å². The van der Waals surface area contributed by atoms with E-state index in [-0.39, 0.29) is 24.1 Å². The number of ether oxygens (including phenoxy) is 1. The molecule has 0 aliphatic carbocycles. The van der Waals surface area contributed by atoms with Crippen molar-refractivity contribution in [2.75, 3.05) is 6.54 Å². The highest BCUT2D eigenvalue weighted by Gasteiger charge is 2.14. The minimum Gasteiger partial charge on any atom is -0.455 e. The van der Waals surface area contributed by atoms with Crippen LogP contribution in [0.1, 0.15) is 11.5 Å². The molecule has 0 radical (unpaired) electrons. The second-order valence-electron chi connectivity index (χ2n) is 6.05. The van der Waals surface area contributed by atoms with Crippen LogP contribution in [0.3, 0.4) is 0 Å². The van der Waals surface area contributed by atoms with Crippen LogP contribution in [0.15, 0.2) is 64.4 Å². The Hall–Kier alpha value is -3.90. The van der Waals surface area contributed by atoms with Gasteiger partial charge in [0, 0.05) is 23.1 Å². The Labute approximate surface area is 176 Å². The van der Waals surface area contributed by atoms with E-state index < -0.39 is 27.5 Å². The predicted octanol–water partition coefficient (Wildman–Crippen LogP) is 2.28. The normalized spacial score (nSPS) is 11.5. The summed E-state index contributed by atoms with van der Waals surface area (Å²) in [5, 5.41) is 19.1. The molecule has 0 amide bonds. The summed E-state index contributed by atoms with van der Waals surface area (Å²) in [4.78, 5) is 21.9. The average molecular weight is 444 g/mol. The Kier molecular flexibility index (Phi) is 6.85. The Balaban J connectivity index is 1.48. The van der Waals surface area contributed by atoms with E-state index in [2.05, 4.69) is 14.9 Å². The van der Waals surface area contributed by atoms with Gasteiger partial charge in [0.25, 0.3) is 11.6 Å². The fraction of sp³-hybridized carbons (Fsp3) is 0.105. The van der Waals surface area contributed by atoms with Crippen LogP contribution in [-0.2, 0) is 26.2 Å². The fourth-order valence-corrected chi connectivity index (χ4v) is 3.04. The van der Waals surface area contributed by atoms with Crippen molar-refractivity contribution in [2.45, 2.75) is 6.61 Å². The molecule has 1 N–H and O–H groups in total. The van der Waals surface area contributed by atoms with Gasteiger partial charge in [-0.05, 0) is 23.8 Å². The average Bonchev–Trinajstić information content (AvgIpc) is 3.25. The second kappa shape index (κ2) is 9.73. The highest BCUT2D eigenvalue weighted by atomic mass is 32.2. The van der Waals surface area contributed by atoms with Crippen molar-refractivity contribution in [3.05, 3.63) is 81.6 Å². The number of nitrogens with zero attached hydrogens (tertiary/aromatic N) is 3. The maximum absolute atomic E-state index is 11.9. The van der Waals surface area contributed by atoms with E-state index >= 15 is 0 Å². The van der Waals surface area contributed by atoms with Gasteiger partial charge in [0.05, 0.1) is 4.92 Å². The highest BCUT2D eigenvalue weighted by Crippen LogP contribution is 2.21. The van der Waals surface area contributed by atoms with Crippen molar-refractivity contribution < 1.29 is 27.3 Å². The van der Waals surface area contributed by atoms with Gasteiger partial charge in [-0.15, -0.1) is 10.2 Å². The van der Waals surface area contributed by atoms with Crippen LogP contribution in [0.25, 0.3) is 17.5 Å². The second-order valence-corrected chi connectivity index (χ2v) is 7.70. The van der Waals surface area contributed by atoms with Crippen molar-refractivity contribution in [3.63, 3.8) is 0 Å². The molecule has 3 aromatic rings. The molecule has 0 spiro atoms. The number of rotatable bonds is 9. The minimum absolute atomic E-state index is 0.0199. The van der Waals surface area contributed by atoms with Crippen LogP contribution in [0.4, 0.5) is 5.69 Å². The molecule has 12 heteroatoms. The molecule has 0 atom stereocenters. The smallest absolute Gasteiger partial charge is 0.321 e. The number of non-ortho nitro benzene ring substituents is 1. The minimum atomic E-state index is -3.83. The number of nitro benzene ring substituents is 1. The summed E-state index contributed by atoms with van der Waals surface area (Å²) < 4.78 is 36.2. The standard InChI is InChI=1S/C19H16N4O7S/c24-18(12-20-31(27,28)11-10-14-4-2-1-3-5-14)29-13-17-21-22-19(30-17)15-6-8-16(9-7-15)23(25)26/h1-11,20H,12-13H2/b11-10+. The highest BCUT2D eigenvalue weighted by molar-refractivity contribution is 7.92. The molecular formula is C19H16N4O7S. The topological polar surface area (TPSA) is 155 Å². The molecule has 160 valence electrons. The molecule has 0 aliphatic heterocycles. The molecule has 11 nitrogen and oxygen atoms in total. The Morgan fingerprint density at radius 1 is 1.13 bits per heavy atom. The van der Waals surface area contributed by atoms with E-state index in [0.717, 1.165) is 5.41 Å². The van der Waals surface area contributed by atoms with Gasteiger partial charge < -0.3 is 9.15 Å². The van der Waals surface area contributed by atoms with Gasteiger partial charge in [0.2, 0.25) is 15.9 Å². The van der Waals surface area contributed by atoms with E-state index in [1.54, 1.807) is 30.3 Å². The first-order chi connectivity index (χ1) is 14.8. The lowest BCUT2D eigenvalue weighted by Gasteiger charge is -2.03. The van der Waals surface area contributed by atoms with Crippen LogP contribution < -0.4 is 4.72 Å². The predicted molar refractivity (Wildman–Crippen MR) is 109 cm³/mol. The van der Waals surface area contributed by atoms with E-state index in [9.17, 15) is 23.3 Å². The van der Waals surface area contributed by atoms with Crippen molar-refractivity contribution in [1.29, 1.82) is 0 Å². The van der Waals surface area contributed by atoms with Gasteiger partial charge in [0.15, 0.2) is 6.61 Å². The van der Waals surface area contributed by atoms with Gasteiger partial charge >= 0.3 is 5.97 Å². The fourth-order valence-electron chi connectivity index (χ4n) is 2.29. The molecule has 2 aromatic carbocycles. The van der Waals surface area contributed by atoms with Gasteiger partial charge in [-0.1, -0.05) is 30.3 Å². The molecule has 0 aliphatic rings. The summed E-state index contributed by atoms with van der Waals surface area (Å²) in [5.41, 5.74) is 1.06. The van der Waals surface area contributed by atoms with Gasteiger partial charge in [-0.3, -0.25) is 14.9 Å². The quantitative estimate of drug-likeness (QED) is 0.297. The molecular weight excluding hydrogens is 428 g/mol. The number of carbonyl (C=O) groups is 1. The molecule has 0 unspecified atom stereocenters. The molecule has 0 saturated carbocycles. The van der Waals surface area contributed by atoms with E-state index in [0.29, 0.717) is 11.1 Å². The Bertz CT molecular complexity index is 1190. The van der Waals surface area contributed by atoms with Crippen LogP contribution in [0.5, 0.6) is 0 Å². The first kappa shape index (κ1) is 21.8. The van der Waals surface area contributed by atoms with E-state index in [1.165, 1.54) is 30.3 Å². The summed E-state index contributed by atoms with van der Waals surface area (Å²) in [6.07, 6.45) is 1.39. The molecule has 3 rings (SSSR count).